The fourth-order valence-electron chi connectivity index (χ4n) is 4.44. The molecule has 8 heteroatoms. The van der Waals surface area contributed by atoms with Crippen molar-refractivity contribution < 1.29 is 14.4 Å². The number of ether oxygens (including phenoxy) is 2. The number of nitrogens with one attached hydrogen (secondary N) is 2. The fourth-order valence-corrected chi connectivity index (χ4v) is 4.61. The highest BCUT2D eigenvalue weighted by molar-refractivity contribution is 6.31. The maximum atomic E-state index is 6.19. The van der Waals surface area contributed by atoms with Crippen LogP contribution in [0.3, 0.4) is 0 Å². The van der Waals surface area contributed by atoms with Crippen molar-refractivity contribution in [2.75, 3.05) is 37.9 Å². The van der Waals surface area contributed by atoms with Gasteiger partial charge in [-0.1, -0.05) is 11.6 Å². The lowest BCUT2D eigenvalue weighted by molar-refractivity contribution is -0.914. The van der Waals surface area contributed by atoms with Crippen molar-refractivity contribution in [3.05, 3.63) is 53.3 Å². The lowest BCUT2D eigenvalue weighted by Gasteiger charge is -2.33. The number of aromatic nitrogens is 3. The number of halogens is 1. The molecule has 2 aromatic carbocycles. The minimum absolute atomic E-state index is 0.317. The lowest BCUT2D eigenvalue weighted by atomic mass is 10.1. The maximum Gasteiger partial charge on any atom is 0.231 e. The van der Waals surface area contributed by atoms with Crippen LogP contribution in [-0.4, -0.2) is 47.9 Å². The molecule has 4 heterocycles. The SMILES string of the molecule is Clc1ccc2[nH]c3c(N4CC[NH+](Cc5ccc6c(c5)OCO6)CC4)ncnc3c2c1. The van der Waals surface area contributed by atoms with Gasteiger partial charge in [-0.2, -0.15) is 0 Å². The fraction of sp³-hybridized carbons (Fsp3) is 0.273. The molecule has 0 atom stereocenters. The molecule has 4 aromatic rings. The summed E-state index contributed by atoms with van der Waals surface area (Å²) in [6.45, 7) is 5.29. The summed E-state index contributed by atoms with van der Waals surface area (Å²) in [5.41, 5.74) is 4.21. The van der Waals surface area contributed by atoms with Gasteiger partial charge in [0.1, 0.15) is 23.9 Å². The third-order valence-electron chi connectivity index (χ3n) is 5.98. The number of aromatic amines is 1. The number of piperazine rings is 1. The Morgan fingerprint density at radius 2 is 1.90 bits per heavy atom. The van der Waals surface area contributed by atoms with Gasteiger partial charge in [-0.05, 0) is 36.4 Å². The van der Waals surface area contributed by atoms with Crippen molar-refractivity contribution in [1.82, 2.24) is 15.0 Å². The number of fused-ring (bicyclic) bond motifs is 4. The number of hydrogen-bond donors (Lipinski definition) is 2. The molecule has 1 saturated heterocycles. The zero-order valence-electron chi connectivity index (χ0n) is 16.3. The largest absolute Gasteiger partial charge is 0.454 e. The van der Waals surface area contributed by atoms with E-state index in [4.69, 9.17) is 21.1 Å². The first kappa shape index (κ1) is 17.8. The van der Waals surface area contributed by atoms with E-state index >= 15 is 0 Å². The van der Waals surface area contributed by atoms with E-state index in [-0.39, 0.29) is 0 Å². The second-order valence-electron chi connectivity index (χ2n) is 7.84. The highest BCUT2D eigenvalue weighted by Crippen LogP contribution is 2.33. The van der Waals surface area contributed by atoms with Crippen molar-refractivity contribution in [3.63, 3.8) is 0 Å². The number of quaternary nitrogens is 1. The summed E-state index contributed by atoms with van der Waals surface area (Å²) in [4.78, 5) is 16.5. The molecule has 0 amide bonds. The minimum atomic E-state index is 0.317. The van der Waals surface area contributed by atoms with Crippen LogP contribution >= 0.6 is 11.6 Å². The maximum absolute atomic E-state index is 6.19. The second kappa shape index (κ2) is 7.04. The van der Waals surface area contributed by atoms with Crippen LogP contribution in [0.4, 0.5) is 5.82 Å². The molecule has 0 aliphatic carbocycles. The number of anilines is 1. The van der Waals surface area contributed by atoms with Crippen molar-refractivity contribution in [1.29, 1.82) is 0 Å². The first-order valence-electron chi connectivity index (χ1n) is 10.1. The van der Waals surface area contributed by atoms with Crippen LogP contribution in [0.25, 0.3) is 21.9 Å². The smallest absolute Gasteiger partial charge is 0.231 e. The van der Waals surface area contributed by atoms with E-state index in [1.54, 1.807) is 11.2 Å². The van der Waals surface area contributed by atoms with E-state index in [0.29, 0.717) is 11.8 Å². The molecule has 1 fully saturated rings. The Bertz CT molecular complexity index is 1250. The average molecular weight is 423 g/mol. The van der Waals surface area contributed by atoms with Gasteiger partial charge in [-0.25, -0.2) is 9.97 Å². The van der Waals surface area contributed by atoms with Gasteiger partial charge < -0.3 is 24.3 Å². The molecule has 0 unspecified atom stereocenters. The van der Waals surface area contributed by atoms with E-state index in [2.05, 4.69) is 32.0 Å². The summed E-state index contributed by atoms with van der Waals surface area (Å²) in [6.07, 6.45) is 1.65. The Kier molecular flexibility index (Phi) is 4.17. The summed E-state index contributed by atoms with van der Waals surface area (Å²) >= 11 is 6.19. The highest BCUT2D eigenvalue weighted by atomic mass is 35.5. The van der Waals surface area contributed by atoms with Crippen LogP contribution in [0.2, 0.25) is 5.02 Å². The van der Waals surface area contributed by atoms with Crippen molar-refractivity contribution >= 4 is 39.4 Å². The van der Waals surface area contributed by atoms with Crippen LogP contribution in [0.15, 0.2) is 42.7 Å². The van der Waals surface area contributed by atoms with Gasteiger partial charge >= 0.3 is 0 Å². The molecule has 30 heavy (non-hydrogen) atoms. The molecule has 2 aliphatic rings. The molecule has 152 valence electrons. The predicted octanol–water partition coefficient (Wildman–Crippen LogP) is 2.40. The standard InChI is InChI=1S/C22H20ClN5O2/c23-15-2-3-17-16(10-15)20-21(26-17)22(25-12-24-20)28-7-5-27(6-8-28)11-14-1-4-18-19(9-14)30-13-29-18/h1-4,9-10,12,26H,5-8,11,13H2/p+1. The Morgan fingerprint density at radius 1 is 1.03 bits per heavy atom. The van der Waals surface area contributed by atoms with Gasteiger partial charge in [0.25, 0.3) is 0 Å². The van der Waals surface area contributed by atoms with Gasteiger partial charge in [0.2, 0.25) is 6.79 Å². The molecule has 2 N–H and O–H groups in total. The minimum Gasteiger partial charge on any atom is -0.454 e. The van der Waals surface area contributed by atoms with E-state index in [1.165, 1.54) is 5.56 Å². The highest BCUT2D eigenvalue weighted by Gasteiger charge is 2.24. The van der Waals surface area contributed by atoms with Gasteiger partial charge in [0.05, 0.1) is 26.2 Å². The average Bonchev–Trinajstić information content (AvgIpc) is 3.38. The number of nitrogens with zero attached hydrogens (tertiary/aromatic N) is 3. The van der Waals surface area contributed by atoms with Crippen LogP contribution < -0.4 is 19.3 Å². The van der Waals surface area contributed by atoms with E-state index < -0.39 is 0 Å². The Balaban J connectivity index is 1.21. The van der Waals surface area contributed by atoms with Gasteiger partial charge in [0, 0.05) is 21.5 Å². The molecule has 0 radical (unpaired) electrons. The summed E-state index contributed by atoms with van der Waals surface area (Å²) in [6, 6.07) is 12.1. The third-order valence-corrected chi connectivity index (χ3v) is 6.22. The molecule has 0 bridgehead atoms. The van der Waals surface area contributed by atoms with E-state index in [9.17, 15) is 0 Å². The predicted molar refractivity (Wildman–Crippen MR) is 116 cm³/mol. The Hall–Kier alpha value is -3.03. The van der Waals surface area contributed by atoms with Gasteiger partial charge in [-0.15, -0.1) is 0 Å². The van der Waals surface area contributed by atoms with Crippen LogP contribution in [0, 0.1) is 0 Å². The Morgan fingerprint density at radius 3 is 2.80 bits per heavy atom. The molecule has 0 spiro atoms. The van der Waals surface area contributed by atoms with Crippen LogP contribution in [0.1, 0.15) is 5.56 Å². The summed E-state index contributed by atoms with van der Waals surface area (Å²) < 4.78 is 10.9. The Labute approximate surface area is 178 Å². The normalized spacial score (nSPS) is 16.6. The molecule has 6 rings (SSSR count). The first-order chi connectivity index (χ1) is 14.7. The zero-order chi connectivity index (χ0) is 20.1. The van der Waals surface area contributed by atoms with Crippen molar-refractivity contribution in [2.45, 2.75) is 6.54 Å². The number of hydrogen-bond acceptors (Lipinski definition) is 5. The van der Waals surface area contributed by atoms with Crippen molar-refractivity contribution in [3.8, 4) is 11.5 Å². The third kappa shape index (κ3) is 3.02. The number of H-pyrrole nitrogens is 1. The topological polar surface area (TPSA) is 67.7 Å². The van der Waals surface area contributed by atoms with Crippen molar-refractivity contribution in [2.24, 2.45) is 0 Å². The first-order valence-corrected chi connectivity index (χ1v) is 10.5. The summed E-state index contributed by atoms with van der Waals surface area (Å²) in [7, 11) is 0. The summed E-state index contributed by atoms with van der Waals surface area (Å²) in [5, 5.41) is 1.75. The molecule has 7 nitrogen and oxygen atoms in total. The molecular weight excluding hydrogens is 402 g/mol. The van der Waals surface area contributed by atoms with E-state index in [1.807, 2.05) is 24.3 Å². The number of benzene rings is 2. The monoisotopic (exact) mass is 422 g/mol. The zero-order valence-corrected chi connectivity index (χ0v) is 17.1. The molecular formula is C22H21ClN5O2+. The number of rotatable bonds is 3. The molecule has 0 saturated carbocycles. The van der Waals surface area contributed by atoms with Crippen LogP contribution in [-0.2, 0) is 6.54 Å². The van der Waals surface area contributed by atoms with Crippen LogP contribution in [0.5, 0.6) is 11.5 Å². The lowest BCUT2D eigenvalue weighted by Crippen LogP contribution is -3.13. The van der Waals surface area contributed by atoms with E-state index in [0.717, 1.165) is 72.0 Å². The quantitative estimate of drug-likeness (QED) is 0.530. The second-order valence-corrected chi connectivity index (χ2v) is 8.27. The molecule has 2 aliphatic heterocycles. The van der Waals surface area contributed by atoms with Gasteiger partial charge in [0.15, 0.2) is 17.3 Å². The molecule has 2 aromatic heterocycles. The summed E-state index contributed by atoms with van der Waals surface area (Å²) in [5.74, 6) is 2.66. The van der Waals surface area contributed by atoms with Gasteiger partial charge in [-0.3, -0.25) is 0 Å².